The monoisotopic (exact) mass is 257 g/mol. The number of benzene rings is 1. The fraction of sp³-hybridized carbons (Fsp3) is 0.438. The van der Waals surface area contributed by atoms with Gasteiger partial charge in [0.2, 0.25) is 0 Å². The van der Waals surface area contributed by atoms with Crippen LogP contribution in [0.3, 0.4) is 0 Å². The summed E-state index contributed by atoms with van der Waals surface area (Å²) < 4.78 is 2.03. The SMILES string of the molecule is CCCNC(c1ccccc1)c1cnn(CCC)c1. The van der Waals surface area contributed by atoms with Crippen LogP contribution in [0.15, 0.2) is 42.7 Å². The van der Waals surface area contributed by atoms with Crippen molar-refractivity contribution in [1.29, 1.82) is 0 Å². The second-order valence-electron chi connectivity index (χ2n) is 4.83. The summed E-state index contributed by atoms with van der Waals surface area (Å²) in [6, 6.07) is 10.8. The summed E-state index contributed by atoms with van der Waals surface area (Å²) in [5, 5.41) is 8.04. The summed E-state index contributed by atoms with van der Waals surface area (Å²) in [7, 11) is 0. The van der Waals surface area contributed by atoms with Gasteiger partial charge >= 0.3 is 0 Å². The highest BCUT2D eigenvalue weighted by molar-refractivity contribution is 5.28. The summed E-state index contributed by atoms with van der Waals surface area (Å²) in [5.74, 6) is 0. The molecule has 0 amide bonds. The van der Waals surface area contributed by atoms with Gasteiger partial charge in [0.1, 0.15) is 0 Å². The molecule has 0 saturated carbocycles. The lowest BCUT2D eigenvalue weighted by atomic mass is 10.0. The van der Waals surface area contributed by atoms with E-state index in [9.17, 15) is 0 Å². The number of hydrogen-bond donors (Lipinski definition) is 1. The fourth-order valence-corrected chi connectivity index (χ4v) is 2.24. The third-order valence-corrected chi connectivity index (χ3v) is 3.17. The molecule has 0 spiro atoms. The lowest BCUT2D eigenvalue weighted by Crippen LogP contribution is -2.22. The molecule has 3 nitrogen and oxygen atoms in total. The molecule has 0 aliphatic heterocycles. The first-order chi connectivity index (χ1) is 9.35. The van der Waals surface area contributed by atoms with Crippen LogP contribution in [0, 0.1) is 0 Å². The molecule has 19 heavy (non-hydrogen) atoms. The van der Waals surface area contributed by atoms with Crippen LogP contribution in [-0.2, 0) is 6.54 Å². The second-order valence-corrected chi connectivity index (χ2v) is 4.83. The van der Waals surface area contributed by atoms with Crippen molar-refractivity contribution in [2.75, 3.05) is 6.54 Å². The van der Waals surface area contributed by atoms with Crippen molar-refractivity contribution in [2.45, 2.75) is 39.3 Å². The molecule has 1 heterocycles. The Morgan fingerprint density at radius 2 is 1.89 bits per heavy atom. The Balaban J connectivity index is 2.21. The summed E-state index contributed by atoms with van der Waals surface area (Å²) in [4.78, 5) is 0. The van der Waals surface area contributed by atoms with E-state index in [1.54, 1.807) is 0 Å². The minimum Gasteiger partial charge on any atom is -0.306 e. The first-order valence-electron chi connectivity index (χ1n) is 7.15. The average molecular weight is 257 g/mol. The fourth-order valence-electron chi connectivity index (χ4n) is 2.24. The first kappa shape index (κ1) is 13.8. The van der Waals surface area contributed by atoms with Crippen molar-refractivity contribution in [3.8, 4) is 0 Å². The van der Waals surface area contributed by atoms with Gasteiger partial charge in [-0.1, -0.05) is 44.2 Å². The molecule has 0 bridgehead atoms. The van der Waals surface area contributed by atoms with E-state index < -0.39 is 0 Å². The standard InChI is InChI=1S/C16H23N3/c1-3-10-17-16(14-8-6-5-7-9-14)15-12-18-19(13-15)11-4-2/h5-9,12-13,16-17H,3-4,10-11H2,1-2H3. The number of rotatable bonds is 7. The molecule has 1 unspecified atom stereocenters. The molecule has 0 aliphatic carbocycles. The number of hydrogen-bond acceptors (Lipinski definition) is 2. The van der Waals surface area contributed by atoms with Gasteiger partial charge in [-0.25, -0.2) is 0 Å². The maximum absolute atomic E-state index is 4.44. The van der Waals surface area contributed by atoms with E-state index in [1.165, 1.54) is 11.1 Å². The van der Waals surface area contributed by atoms with E-state index >= 15 is 0 Å². The zero-order valence-corrected chi connectivity index (χ0v) is 11.8. The first-order valence-corrected chi connectivity index (χ1v) is 7.15. The molecule has 2 aromatic rings. The van der Waals surface area contributed by atoms with Gasteiger partial charge < -0.3 is 5.32 Å². The Bertz CT molecular complexity index is 476. The van der Waals surface area contributed by atoms with Gasteiger partial charge in [-0.2, -0.15) is 5.10 Å². The van der Waals surface area contributed by atoms with Gasteiger partial charge in [0.05, 0.1) is 12.2 Å². The van der Waals surface area contributed by atoms with E-state index in [0.29, 0.717) is 0 Å². The van der Waals surface area contributed by atoms with Crippen LogP contribution in [0.2, 0.25) is 0 Å². The third-order valence-electron chi connectivity index (χ3n) is 3.17. The lowest BCUT2D eigenvalue weighted by molar-refractivity contribution is 0.588. The van der Waals surface area contributed by atoms with Crippen molar-refractivity contribution < 1.29 is 0 Å². The highest BCUT2D eigenvalue weighted by atomic mass is 15.3. The minimum absolute atomic E-state index is 0.242. The predicted molar refractivity (Wildman–Crippen MR) is 79.1 cm³/mol. The van der Waals surface area contributed by atoms with Gasteiger partial charge in [0.25, 0.3) is 0 Å². The highest BCUT2D eigenvalue weighted by Gasteiger charge is 2.14. The molecule has 0 radical (unpaired) electrons. The minimum atomic E-state index is 0.242. The molecule has 3 heteroatoms. The molecular weight excluding hydrogens is 234 g/mol. The Hall–Kier alpha value is -1.61. The van der Waals surface area contributed by atoms with Crippen molar-refractivity contribution in [2.24, 2.45) is 0 Å². The Kier molecular flexibility index (Phi) is 5.16. The molecular formula is C16H23N3. The predicted octanol–water partition coefficient (Wildman–Crippen LogP) is 3.38. The second kappa shape index (κ2) is 7.10. The molecule has 1 aromatic carbocycles. The molecule has 0 saturated heterocycles. The van der Waals surface area contributed by atoms with Crippen LogP contribution in [0.4, 0.5) is 0 Å². The van der Waals surface area contributed by atoms with Gasteiger partial charge in [-0.15, -0.1) is 0 Å². The van der Waals surface area contributed by atoms with E-state index in [0.717, 1.165) is 25.9 Å². The molecule has 1 atom stereocenters. The summed E-state index contributed by atoms with van der Waals surface area (Å²) in [6.07, 6.45) is 6.38. The van der Waals surface area contributed by atoms with Gasteiger partial charge in [-0.3, -0.25) is 4.68 Å². The number of nitrogens with zero attached hydrogens (tertiary/aromatic N) is 2. The zero-order chi connectivity index (χ0) is 13.5. The number of aromatic nitrogens is 2. The van der Waals surface area contributed by atoms with Crippen molar-refractivity contribution in [3.05, 3.63) is 53.9 Å². The van der Waals surface area contributed by atoms with E-state index in [-0.39, 0.29) is 6.04 Å². The van der Waals surface area contributed by atoms with Gasteiger partial charge in [0.15, 0.2) is 0 Å². The summed E-state index contributed by atoms with van der Waals surface area (Å²) in [5.41, 5.74) is 2.54. The van der Waals surface area contributed by atoms with Crippen LogP contribution in [-0.4, -0.2) is 16.3 Å². The maximum Gasteiger partial charge on any atom is 0.0607 e. The van der Waals surface area contributed by atoms with E-state index in [1.807, 2.05) is 10.9 Å². The van der Waals surface area contributed by atoms with E-state index in [4.69, 9.17) is 0 Å². The average Bonchev–Trinajstić information content (AvgIpc) is 2.89. The largest absolute Gasteiger partial charge is 0.306 e. The maximum atomic E-state index is 4.44. The van der Waals surface area contributed by atoms with Crippen LogP contribution in [0.5, 0.6) is 0 Å². The molecule has 0 fully saturated rings. The summed E-state index contributed by atoms with van der Waals surface area (Å²) in [6.45, 7) is 6.36. The molecule has 1 N–H and O–H groups in total. The Morgan fingerprint density at radius 1 is 1.11 bits per heavy atom. The van der Waals surface area contributed by atoms with Crippen LogP contribution >= 0.6 is 0 Å². The zero-order valence-electron chi connectivity index (χ0n) is 11.8. The van der Waals surface area contributed by atoms with E-state index in [2.05, 4.69) is 60.8 Å². The summed E-state index contributed by atoms with van der Waals surface area (Å²) >= 11 is 0. The normalized spacial score (nSPS) is 12.5. The Labute approximate surface area is 115 Å². The number of nitrogens with one attached hydrogen (secondary N) is 1. The third kappa shape index (κ3) is 3.67. The van der Waals surface area contributed by atoms with Crippen molar-refractivity contribution >= 4 is 0 Å². The lowest BCUT2D eigenvalue weighted by Gasteiger charge is -2.17. The van der Waals surface area contributed by atoms with Crippen molar-refractivity contribution in [1.82, 2.24) is 15.1 Å². The van der Waals surface area contributed by atoms with Crippen LogP contribution in [0.1, 0.15) is 43.9 Å². The molecule has 1 aromatic heterocycles. The quantitative estimate of drug-likeness (QED) is 0.824. The van der Waals surface area contributed by atoms with Crippen LogP contribution in [0.25, 0.3) is 0 Å². The van der Waals surface area contributed by atoms with Crippen molar-refractivity contribution in [3.63, 3.8) is 0 Å². The van der Waals surface area contributed by atoms with Gasteiger partial charge in [-0.05, 0) is 24.9 Å². The molecule has 102 valence electrons. The smallest absolute Gasteiger partial charge is 0.0607 e. The Morgan fingerprint density at radius 3 is 2.58 bits per heavy atom. The molecule has 2 rings (SSSR count). The topological polar surface area (TPSA) is 29.9 Å². The van der Waals surface area contributed by atoms with Gasteiger partial charge in [0, 0.05) is 18.3 Å². The molecule has 0 aliphatic rings. The number of aryl methyl sites for hydroxylation is 1. The highest BCUT2D eigenvalue weighted by Crippen LogP contribution is 2.21. The van der Waals surface area contributed by atoms with Crippen LogP contribution < -0.4 is 5.32 Å².